The highest BCUT2D eigenvalue weighted by molar-refractivity contribution is 5.07. The Morgan fingerprint density at radius 1 is 1.36 bits per heavy atom. The molecule has 0 bridgehead atoms. The lowest BCUT2D eigenvalue weighted by molar-refractivity contribution is 0.377. The number of nitrogens with zero attached hydrogens (tertiary/aromatic N) is 2. The summed E-state index contributed by atoms with van der Waals surface area (Å²) in [6, 6.07) is 5.65. The van der Waals surface area contributed by atoms with E-state index < -0.39 is 0 Å². The van der Waals surface area contributed by atoms with Crippen LogP contribution in [0.2, 0.25) is 0 Å². The Hall–Kier alpha value is -1.09. The molecule has 78 valence electrons. The van der Waals surface area contributed by atoms with Gasteiger partial charge in [-0.2, -0.15) is 0 Å². The van der Waals surface area contributed by atoms with Crippen molar-refractivity contribution in [2.24, 2.45) is 0 Å². The molecule has 0 saturated heterocycles. The standard InChI is InChI=1S/C11H18N2O/c1-9(2)13-10(8-12(3)4)6-5-7-11(13)14/h5-7,9H,8H2,1-4H3. The van der Waals surface area contributed by atoms with E-state index in [0.717, 1.165) is 12.2 Å². The van der Waals surface area contributed by atoms with Crippen LogP contribution in [0.4, 0.5) is 0 Å². The number of pyridine rings is 1. The zero-order valence-corrected chi connectivity index (χ0v) is 9.32. The first kappa shape index (κ1) is 11.0. The topological polar surface area (TPSA) is 25.2 Å². The van der Waals surface area contributed by atoms with Crippen molar-refractivity contribution in [2.45, 2.75) is 26.4 Å². The molecule has 0 unspecified atom stereocenters. The van der Waals surface area contributed by atoms with E-state index in [0.29, 0.717) is 0 Å². The number of rotatable bonds is 3. The van der Waals surface area contributed by atoms with Crippen LogP contribution in [0, 0.1) is 0 Å². The van der Waals surface area contributed by atoms with Gasteiger partial charge in [0.25, 0.3) is 5.56 Å². The fourth-order valence-corrected chi connectivity index (χ4v) is 1.58. The van der Waals surface area contributed by atoms with Crippen LogP contribution in [0.15, 0.2) is 23.0 Å². The quantitative estimate of drug-likeness (QED) is 0.728. The molecule has 0 aliphatic heterocycles. The molecule has 0 N–H and O–H groups in total. The molecule has 3 heteroatoms. The molecule has 1 aromatic heterocycles. The van der Waals surface area contributed by atoms with E-state index in [1.165, 1.54) is 0 Å². The van der Waals surface area contributed by atoms with Crippen LogP contribution in [0.25, 0.3) is 0 Å². The Bertz CT molecular complexity index is 353. The smallest absolute Gasteiger partial charge is 0.250 e. The molecule has 0 spiro atoms. The van der Waals surface area contributed by atoms with Crippen LogP contribution >= 0.6 is 0 Å². The first-order valence-corrected chi connectivity index (χ1v) is 4.87. The van der Waals surface area contributed by atoms with E-state index in [9.17, 15) is 4.79 Å². The molecular weight excluding hydrogens is 176 g/mol. The van der Waals surface area contributed by atoms with Crippen molar-refractivity contribution in [2.75, 3.05) is 14.1 Å². The van der Waals surface area contributed by atoms with E-state index in [4.69, 9.17) is 0 Å². The van der Waals surface area contributed by atoms with Crippen molar-refractivity contribution < 1.29 is 0 Å². The Kier molecular flexibility index (Phi) is 3.47. The SMILES string of the molecule is CC(C)n1c(CN(C)C)cccc1=O. The third-order valence-electron chi connectivity index (χ3n) is 2.07. The van der Waals surface area contributed by atoms with Gasteiger partial charge in [0.2, 0.25) is 0 Å². The summed E-state index contributed by atoms with van der Waals surface area (Å²) in [6.45, 7) is 4.86. The molecule has 1 heterocycles. The summed E-state index contributed by atoms with van der Waals surface area (Å²) in [5.74, 6) is 0. The fourth-order valence-electron chi connectivity index (χ4n) is 1.58. The van der Waals surface area contributed by atoms with Crippen LogP contribution in [-0.2, 0) is 6.54 Å². The Morgan fingerprint density at radius 2 is 2.00 bits per heavy atom. The third kappa shape index (κ3) is 2.45. The molecule has 0 aromatic carbocycles. The molecule has 0 aliphatic rings. The van der Waals surface area contributed by atoms with E-state index in [-0.39, 0.29) is 11.6 Å². The molecule has 0 radical (unpaired) electrons. The monoisotopic (exact) mass is 194 g/mol. The summed E-state index contributed by atoms with van der Waals surface area (Å²) < 4.78 is 1.83. The van der Waals surface area contributed by atoms with Gasteiger partial charge in [0.1, 0.15) is 0 Å². The summed E-state index contributed by atoms with van der Waals surface area (Å²) >= 11 is 0. The zero-order valence-electron chi connectivity index (χ0n) is 9.32. The van der Waals surface area contributed by atoms with Gasteiger partial charge >= 0.3 is 0 Å². The van der Waals surface area contributed by atoms with Crippen molar-refractivity contribution >= 4 is 0 Å². The normalized spacial score (nSPS) is 11.3. The summed E-state index contributed by atoms with van der Waals surface area (Å²) in [5.41, 5.74) is 1.15. The van der Waals surface area contributed by atoms with Gasteiger partial charge in [-0.25, -0.2) is 0 Å². The molecule has 0 amide bonds. The van der Waals surface area contributed by atoms with Crippen LogP contribution in [0.1, 0.15) is 25.6 Å². The van der Waals surface area contributed by atoms with Crippen LogP contribution in [0.5, 0.6) is 0 Å². The van der Waals surface area contributed by atoms with Crippen molar-refractivity contribution in [1.29, 1.82) is 0 Å². The average molecular weight is 194 g/mol. The first-order valence-electron chi connectivity index (χ1n) is 4.87. The van der Waals surface area contributed by atoms with E-state index in [2.05, 4.69) is 4.90 Å². The van der Waals surface area contributed by atoms with Crippen molar-refractivity contribution in [3.8, 4) is 0 Å². The second-order valence-corrected chi connectivity index (χ2v) is 4.06. The maximum Gasteiger partial charge on any atom is 0.250 e. The molecule has 0 saturated carbocycles. The highest BCUT2D eigenvalue weighted by Crippen LogP contribution is 2.07. The van der Waals surface area contributed by atoms with Crippen molar-refractivity contribution in [3.05, 3.63) is 34.2 Å². The molecule has 1 rings (SSSR count). The predicted molar refractivity (Wildman–Crippen MR) is 58.5 cm³/mol. The minimum atomic E-state index is 0.0827. The van der Waals surface area contributed by atoms with Gasteiger partial charge in [-0.1, -0.05) is 6.07 Å². The summed E-state index contributed by atoms with van der Waals surface area (Å²) in [7, 11) is 4.00. The minimum Gasteiger partial charge on any atom is -0.309 e. The third-order valence-corrected chi connectivity index (χ3v) is 2.07. The molecule has 3 nitrogen and oxygen atoms in total. The first-order chi connectivity index (χ1) is 6.52. The van der Waals surface area contributed by atoms with Crippen molar-refractivity contribution in [3.63, 3.8) is 0 Å². The fraction of sp³-hybridized carbons (Fsp3) is 0.545. The zero-order chi connectivity index (χ0) is 10.7. The van der Waals surface area contributed by atoms with Gasteiger partial charge < -0.3 is 9.47 Å². The Morgan fingerprint density at radius 3 is 2.50 bits per heavy atom. The highest BCUT2D eigenvalue weighted by Gasteiger charge is 2.06. The molecular formula is C11H18N2O. The van der Waals surface area contributed by atoms with Gasteiger partial charge in [0.05, 0.1) is 0 Å². The summed E-state index contributed by atoms with van der Waals surface area (Å²) in [6.07, 6.45) is 0. The van der Waals surface area contributed by atoms with E-state index in [1.54, 1.807) is 6.07 Å². The van der Waals surface area contributed by atoms with Gasteiger partial charge in [0, 0.05) is 24.3 Å². The molecule has 14 heavy (non-hydrogen) atoms. The van der Waals surface area contributed by atoms with Crippen molar-refractivity contribution in [1.82, 2.24) is 9.47 Å². The van der Waals surface area contributed by atoms with Gasteiger partial charge in [-0.3, -0.25) is 4.79 Å². The minimum absolute atomic E-state index is 0.0827. The number of hydrogen-bond donors (Lipinski definition) is 0. The largest absolute Gasteiger partial charge is 0.309 e. The Labute approximate surface area is 85.0 Å². The van der Waals surface area contributed by atoms with E-state index in [1.807, 2.05) is 44.6 Å². The second-order valence-electron chi connectivity index (χ2n) is 4.06. The van der Waals surface area contributed by atoms with Crippen LogP contribution < -0.4 is 5.56 Å². The number of hydrogen-bond acceptors (Lipinski definition) is 2. The number of aromatic nitrogens is 1. The lowest BCUT2D eigenvalue weighted by Crippen LogP contribution is -2.27. The van der Waals surface area contributed by atoms with Gasteiger partial charge in [-0.05, 0) is 34.0 Å². The molecule has 0 atom stereocenters. The summed E-state index contributed by atoms with van der Waals surface area (Å²) in [4.78, 5) is 13.7. The lowest BCUT2D eigenvalue weighted by atomic mass is 10.2. The molecule has 1 aromatic rings. The van der Waals surface area contributed by atoms with E-state index >= 15 is 0 Å². The van der Waals surface area contributed by atoms with Crippen LogP contribution in [-0.4, -0.2) is 23.6 Å². The van der Waals surface area contributed by atoms with Gasteiger partial charge in [-0.15, -0.1) is 0 Å². The lowest BCUT2D eigenvalue weighted by Gasteiger charge is -2.18. The maximum absolute atomic E-state index is 11.6. The van der Waals surface area contributed by atoms with Crippen LogP contribution in [0.3, 0.4) is 0 Å². The van der Waals surface area contributed by atoms with Gasteiger partial charge in [0.15, 0.2) is 0 Å². The molecule has 0 aliphatic carbocycles. The molecule has 0 fully saturated rings. The maximum atomic E-state index is 11.6. The average Bonchev–Trinajstić information content (AvgIpc) is 2.01. The summed E-state index contributed by atoms with van der Waals surface area (Å²) in [5, 5.41) is 0. The second kappa shape index (κ2) is 4.42. The Balaban J connectivity index is 3.15. The predicted octanol–water partition coefficient (Wildman–Crippen LogP) is 1.49. The highest BCUT2D eigenvalue weighted by atomic mass is 16.1.